The third kappa shape index (κ3) is 5.11. The molecule has 3 aromatic rings. The lowest BCUT2D eigenvalue weighted by molar-refractivity contribution is 0.102. The highest BCUT2D eigenvalue weighted by Gasteiger charge is 2.16. The van der Waals surface area contributed by atoms with Gasteiger partial charge in [-0.2, -0.15) is 0 Å². The first-order valence-corrected chi connectivity index (χ1v) is 11.1. The second kappa shape index (κ2) is 9.19. The number of ether oxygens (including phenoxy) is 1. The first kappa shape index (κ1) is 21.7. The Morgan fingerprint density at radius 1 is 1.00 bits per heavy atom. The molecule has 0 heterocycles. The average molecular weight is 445 g/mol. The number of nitrogens with one attached hydrogen (secondary N) is 2. The number of anilines is 2. The van der Waals surface area contributed by atoms with E-state index in [-0.39, 0.29) is 10.8 Å². The number of hydrogen-bond donors (Lipinski definition) is 2. The molecule has 8 heteroatoms. The number of benzene rings is 3. The van der Waals surface area contributed by atoms with Gasteiger partial charge in [-0.1, -0.05) is 17.7 Å². The molecule has 0 bridgehead atoms. The summed E-state index contributed by atoms with van der Waals surface area (Å²) < 4.78 is 33.2. The lowest BCUT2D eigenvalue weighted by Gasteiger charge is -2.12. The van der Waals surface area contributed by atoms with Gasteiger partial charge in [-0.15, -0.1) is 0 Å². The van der Waals surface area contributed by atoms with Crippen LogP contribution in [0.15, 0.2) is 71.6 Å². The zero-order valence-electron chi connectivity index (χ0n) is 16.5. The highest BCUT2D eigenvalue weighted by molar-refractivity contribution is 7.92. The summed E-state index contributed by atoms with van der Waals surface area (Å²) in [4.78, 5) is 12.5. The van der Waals surface area contributed by atoms with E-state index < -0.39 is 10.0 Å². The van der Waals surface area contributed by atoms with E-state index in [0.29, 0.717) is 39.9 Å². The fourth-order valence-electron chi connectivity index (χ4n) is 2.71. The van der Waals surface area contributed by atoms with E-state index >= 15 is 0 Å². The smallest absolute Gasteiger partial charge is 0.261 e. The van der Waals surface area contributed by atoms with E-state index in [1.165, 1.54) is 24.3 Å². The SMILES string of the molecule is CCOc1ccc(C(=O)Nc2ccc(S(=O)(=O)Nc3cccc(Cl)c3C)cc2)cc1. The van der Waals surface area contributed by atoms with Crippen molar-refractivity contribution in [3.05, 3.63) is 82.9 Å². The van der Waals surface area contributed by atoms with Crippen molar-refractivity contribution >= 4 is 38.9 Å². The van der Waals surface area contributed by atoms with Crippen molar-refractivity contribution < 1.29 is 17.9 Å². The number of rotatable bonds is 7. The van der Waals surface area contributed by atoms with Crippen molar-refractivity contribution in [3.63, 3.8) is 0 Å². The zero-order valence-corrected chi connectivity index (χ0v) is 18.0. The molecule has 156 valence electrons. The molecular weight excluding hydrogens is 424 g/mol. The summed E-state index contributed by atoms with van der Waals surface area (Å²) in [6.45, 7) is 4.17. The number of carbonyl (C=O) groups is 1. The molecule has 0 aliphatic rings. The van der Waals surface area contributed by atoms with Gasteiger partial charge in [-0.05, 0) is 80.1 Å². The quantitative estimate of drug-likeness (QED) is 0.531. The average Bonchev–Trinajstić information content (AvgIpc) is 2.72. The van der Waals surface area contributed by atoms with Crippen molar-refractivity contribution in [3.8, 4) is 5.75 Å². The van der Waals surface area contributed by atoms with Crippen LogP contribution >= 0.6 is 11.6 Å². The molecular formula is C22H21ClN2O4S. The standard InChI is InChI=1S/C22H21ClN2O4S/c1-3-29-18-11-7-16(8-12-18)22(26)24-17-9-13-19(14-10-17)30(27,28)25-21-6-4-5-20(23)15(21)2/h4-14,25H,3H2,1-2H3,(H,24,26). The van der Waals surface area contributed by atoms with Gasteiger partial charge in [0.2, 0.25) is 0 Å². The van der Waals surface area contributed by atoms with Gasteiger partial charge in [0.05, 0.1) is 17.2 Å². The number of amides is 1. The summed E-state index contributed by atoms with van der Waals surface area (Å²) in [5, 5.41) is 3.22. The van der Waals surface area contributed by atoms with Crippen LogP contribution in [0.1, 0.15) is 22.8 Å². The maximum absolute atomic E-state index is 12.7. The molecule has 0 spiro atoms. The summed E-state index contributed by atoms with van der Waals surface area (Å²) in [5.41, 5.74) is 2.00. The van der Waals surface area contributed by atoms with Crippen LogP contribution in [0.5, 0.6) is 5.75 Å². The Labute approximate surface area is 180 Å². The van der Waals surface area contributed by atoms with Crippen molar-refractivity contribution in [2.45, 2.75) is 18.7 Å². The van der Waals surface area contributed by atoms with E-state index in [0.717, 1.165) is 0 Å². The first-order chi connectivity index (χ1) is 14.3. The summed E-state index contributed by atoms with van der Waals surface area (Å²) in [6, 6.07) is 17.7. The van der Waals surface area contributed by atoms with Crippen LogP contribution in [-0.4, -0.2) is 20.9 Å². The minimum Gasteiger partial charge on any atom is -0.494 e. The molecule has 3 aromatic carbocycles. The van der Waals surface area contributed by atoms with Crippen molar-refractivity contribution in [1.82, 2.24) is 0 Å². The molecule has 2 N–H and O–H groups in total. The van der Waals surface area contributed by atoms with E-state index in [1.54, 1.807) is 49.4 Å². The van der Waals surface area contributed by atoms with E-state index in [1.807, 2.05) is 6.92 Å². The Bertz CT molecular complexity index is 1140. The molecule has 30 heavy (non-hydrogen) atoms. The molecule has 0 fully saturated rings. The largest absolute Gasteiger partial charge is 0.494 e. The van der Waals surface area contributed by atoms with E-state index in [4.69, 9.17) is 16.3 Å². The van der Waals surface area contributed by atoms with Crippen LogP contribution in [0, 0.1) is 6.92 Å². The normalized spacial score (nSPS) is 11.0. The number of sulfonamides is 1. The predicted molar refractivity (Wildman–Crippen MR) is 119 cm³/mol. The fraction of sp³-hybridized carbons (Fsp3) is 0.136. The molecule has 3 rings (SSSR count). The molecule has 0 saturated carbocycles. The zero-order chi connectivity index (χ0) is 21.7. The third-order valence-electron chi connectivity index (χ3n) is 4.36. The lowest BCUT2D eigenvalue weighted by Crippen LogP contribution is -2.14. The van der Waals surface area contributed by atoms with Crippen LogP contribution in [0.4, 0.5) is 11.4 Å². The summed E-state index contributed by atoms with van der Waals surface area (Å²) >= 11 is 6.05. The highest BCUT2D eigenvalue weighted by atomic mass is 35.5. The summed E-state index contributed by atoms with van der Waals surface area (Å²) in [7, 11) is -3.80. The van der Waals surface area contributed by atoms with Gasteiger partial charge in [0, 0.05) is 16.3 Å². The Balaban J connectivity index is 1.70. The molecule has 0 unspecified atom stereocenters. The molecule has 0 aliphatic heterocycles. The number of carbonyl (C=O) groups excluding carboxylic acids is 1. The topological polar surface area (TPSA) is 84.5 Å². The fourth-order valence-corrected chi connectivity index (χ4v) is 4.01. The molecule has 6 nitrogen and oxygen atoms in total. The van der Waals surface area contributed by atoms with Gasteiger partial charge >= 0.3 is 0 Å². The van der Waals surface area contributed by atoms with Crippen LogP contribution in [0.25, 0.3) is 0 Å². The Morgan fingerprint density at radius 3 is 2.30 bits per heavy atom. The molecule has 0 radical (unpaired) electrons. The van der Waals surface area contributed by atoms with Crippen LogP contribution < -0.4 is 14.8 Å². The molecule has 1 amide bonds. The number of hydrogen-bond acceptors (Lipinski definition) is 4. The van der Waals surface area contributed by atoms with Gasteiger partial charge in [0.15, 0.2) is 0 Å². The molecule has 0 saturated heterocycles. The Morgan fingerprint density at radius 2 is 1.67 bits per heavy atom. The number of halogens is 1. The second-order valence-corrected chi connectivity index (χ2v) is 8.54. The minimum absolute atomic E-state index is 0.0703. The van der Waals surface area contributed by atoms with Crippen molar-refractivity contribution in [2.75, 3.05) is 16.6 Å². The van der Waals surface area contributed by atoms with Crippen molar-refractivity contribution in [1.29, 1.82) is 0 Å². The van der Waals surface area contributed by atoms with Crippen LogP contribution in [0.3, 0.4) is 0 Å². The van der Waals surface area contributed by atoms with Gasteiger partial charge in [-0.25, -0.2) is 8.42 Å². The second-order valence-electron chi connectivity index (χ2n) is 6.45. The minimum atomic E-state index is -3.80. The van der Waals surface area contributed by atoms with Crippen molar-refractivity contribution in [2.24, 2.45) is 0 Å². The summed E-state index contributed by atoms with van der Waals surface area (Å²) in [5.74, 6) is 0.382. The van der Waals surface area contributed by atoms with Gasteiger partial charge in [0.25, 0.3) is 15.9 Å². The molecule has 0 atom stereocenters. The molecule has 0 aromatic heterocycles. The third-order valence-corrected chi connectivity index (χ3v) is 6.15. The Hall–Kier alpha value is -3.03. The van der Waals surface area contributed by atoms with Crippen LogP contribution in [0.2, 0.25) is 5.02 Å². The van der Waals surface area contributed by atoms with E-state index in [2.05, 4.69) is 10.0 Å². The lowest BCUT2D eigenvalue weighted by atomic mass is 10.2. The van der Waals surface area contributed by atoms with Gasteiger partial charge in [0.1, 0.15) is 5.75 Å². The van der Waals surface area contributed by atoms with Crippen LogP contribution in [-0.2, 0) is 10.0 Å². The maximum atomic E-state index is 12.7. The Kier molecular flexibility index (Phi) is 6.64. The highest BCUT2D eigenvalue weighted by Crippen LogP contribution is 2.26. The van der Waals surface area contributed by atoms with Gasteiger partial charge in [-0.3, -0.25) is 9.52 Å². The predicted octanol–water partition coefficient (Wildman–Crippen LogP) is 5.10. The first-order valence-electron chi connectivity index (χ1n) is 9.22. The monoisotopic (exact) mass is 444 g/mol. The maximum Gasteiger partial charge on any atom is 0.261 e. The molecule has 0 aliphatic carbocycles. The summed E-state index contributed by atoms with van der Waals surface area (Å²) in [6.07, 6.45) is 0. The van der Waals surface area contributed by atoms with Gasteiger partial charge < -0.3 is 10.1 Å². The van der Waals surface area contributed by atoms with E-state index in [9.17, 15) is 13.2 Å².